The third-order valence-electron chi connectivity index (χ3n) is 13.0. The van der Waals surface area contributed by atoms with Crippen molar-refractivity contribution in [3.05, 3.63) is 229 Å². The summed E-state index contributed by atoms with van der Waals surface area (Å²) in [6.45, 7) is 0. The average molecular weight is 791 g/mol. The Morgan fingerprint density at radius 1 is 0.323 bits per heavy atom. The standard InChI is InChI=1S/C58H38N4/c1-4-17-37(18-5-1)50-36-51(60-58(59-50)38-19-6-2-7-20-38)41-23-16-26-45(33-41)62-53-30-15-13-28-47(53)55-49-35-43-32-40-22-11-10-21-39(40)31-42(43)34-48(49)54-46-27-12-14-29-52(46)61(56(54)57(55)62)44-24-8-3-9-25-44/h1-30,33-36H,31-32H2. The van der Waals surface area contributed by atoms with Crippen LogP contribution in [0, 0.1) is 0 Å². The summed E-state index contributed by atoms with van der Waals surface area (Å²) < 4.78 is 5.02. The minimum absolute atomic E-state index is 0.704. The molecule has 0 aliphatic heterocycles. The number of rotatable bonds is 5. The first-order chi connectivity index (χ1) is 30.7. The molecule has 4 heteroatoms. The van der Waals surface area contributed by atoms with Crippen molar-refractivity contribution in [2.75, 3.05) is 0 Å². The highest BCUT2D eigenvalue weighted by atomic mass is 15.0. The van der Waals surface area contributed by atoms with Crippen LogP contribution in [0.1, 0.15) is 22.3 Å². The van der Waals surface area contributed by atoms with Crippen LogP contribution in [0.5, 0.6) is 0 Å². The molecule has 3 aromatic heterocycles. The Kier molecular flexibility index (Phi) is 7.70. The highest BCUT2D eigenvalue weighted by Gasteiger charge is 2.27. The molecule has 1 aliphatic carbocycles. The van der Waals surface area contributed by atoms with Gasteiger partial charge in [0.1, 0.15) is 0 Å². The van der Waals surface area contributed by atoms with Gasteiger partial charge in [-0.15, -0.1) is 0 Å². The van der Waals surface area contributed by atoms with Gasteiger partial charge in [0.25, 0.3) is 0 Å². The maximum atomic E-state index is 5.25. The van der Waals surface area contributed by atoms with Crippen molar-refractivity contribution in [1.82, 2.24) is 19.1 Å². The first-order valence-corrected chi connectivity index (χ1v) is 21.4. The van der Waals surface area contributed by atoms with E-state index in [4.69, 9.17) is 9.97 Å². The number of para-hydroxylation sites is 3. The number of hydrogen-bond acceptors (Lipinski definition) is 2. The normalized spacial score (nSPS) is 12.4. The Balaban J connectivity index is 1.15. The van der Waals surface area contributed by atoms with Gasteiger partial charge in [-0.1, -0.05) is 152 Å². The summed E-state index contributed by atoms with van der Waals surface area (Å²) in [7, 11) is 0. The van der Waals surface area contributed by atoms with Gasteiger partial charge >= 0.3 is 0 Å². The predicted octanol–water partition coefficient (Wildman–Crippen LogP) is 14.3. The van der Waals surface area contributed by atoms with E-state index in [1.807, 2.05) is 24.3 Å². The predicted molar refractivity (Wildman–Crippen MR) is 257 cm³/mol. The molecule has 0 spiro atoms. The quantitative estimate of drug-likeness (QED) is 0.174. The Bertz CT molecular complexity index is 3670. The van der Waals surface area contributed by atoms with Crippen LogP contribution in [0.25, 0.3) is 99.7 Å². The van der Waals surface area contributed by atoms with Crippen molar-refractivity contribution in [3.8, 4) is 45.3 Å². The molecule has 0 bridgehead atoms. The smallest absolute Gasteiger partial charge is 0.160 e. The van der Waals surface area contributed by atoms with Crippen LogP contribution < -0.4 is 0 Å². The lowest BCUT2D eigenvalue weighted by Gasteiger charge is -2.21. The summed E-state index contributed by atoms with van der Waals surface area (Å²) in [5, 5.41) is 7.64. The third kappa shape index (κ3) is 5.33. The van der Waals surface area contributed by atoms with E-state index in [1.165, 1.54) is 76.6 Å². The molecule has 3 heterocycles. The Morgan fingerprint density at radius 3 is 1.37 bits per heavy atom. The van der Waals surface area contributed by atoms with Crippen LogP contribution in [0.15, 0.2) is 206 Å². The van der Waals surface area contributed by atoms with Crippen LogP contribution in [-0.4, -0.2) is 19.1 Å². The molecule has 4 nitrogen and oxygen atoms in total. The molecule has 290 valence electrons. The molecule has 0 fully saturated rings. The van der Waals surface area contributed by atoms with E-state index in [1.54, 1.807) is 0 Å². The van der Waals surface area contributed by atoms with Gasteiger partial charge < -0.3 is 9.13 Å². The zero-order valence-electron chi connectivity index (χ0n) is 33.8. The minimum Gasteiger partial charge on any atom is -0.307 e. The molecular weight excluding hydrogens is 753 g/mol. The second-order valence-electron chi connectivity index (χ2n) is 16.5. The summed E-state index contributed by atoms with van der Waals surface area (Å²) in [5.41, 5.74) is 17.5. The van der Waals surface area contributed by atoms with E-state index < -0.39 is 0 Å². The number of nitrogens with zero attached hydrogens (tertiary/aromatic N) is 4. The first-order valence-electron chi connectivity index (χ1n) is 21.4. The fourth-order valence-corrected chi connectivity index (χ4v) is 10.2. The fourth-order valence-electron chi connectivity index (χ4n) is 10.2. The second-order valence-corrected chi connectivity index (χ2v) is 16.5. The Morgan fingerprint density at radius 2 is 0.774 bits per heavy atom. The van der Waals surface area contributed by atoms with E-state index in [0.29, 0.717) is 5.82 Å². The molecule has 0 N–H and O–H groups in total. The molecule has 0 amide bonds. The second kappa shape index (κ2) is 13.7. The fraction of sp³-hybridized carbons (Fsp3) is 0.0345. The molecule has 0 radical (unpaired) electrons. The summed E-state index contributed by atoms with van der Waals surface area (Å²) in [5.74, 6) is 0.704. The summed E-state index contributed by atoms with van der Waals surface area (Å²) >= 11 is 0. The average Bonchev–Trinajstić information content (AvgIpc) is 3.88. The highest BCUT2D eigenvalue weighted by Crippen LogP contribution is 2.48. The summed E-state index contributed by atoms with van der Waals surface area (Å²) in [6.07, 6.45) is 1.87. The molecule has 0 unspecified atom stereocenters. The highest BCUT2D eigenvalue weighted by molar-refractivity contribution is 6.36. The van der Waals surface area contributed by atoms with Crippen molar-refractivity contribution in [3.63, 3.8) is 0 Å². The van der Waals surface area contributed by atoms with Gasteiger partial charge in [-0.05, 0) is 100 Å². The lowest BCUT2D eigenvalue weighted by molar-refractivity contribution is 1.01. The topological polar surface area (TPSA) is 35.6 Å². The van der Waals surface area contributed by atoms with Gasteiger partial charge in [0.2, 0.25) is 0 Å². The molecule has 0 saturated carbocycles. The zero-order valence-corrected chi connectivity index (χ0v) is 33.8. The van der Waals surface area contributed by atoms with Gasteiger partial charge in [0, 0.05) is 49.6 Å². The van der Waals surface area contributed by atoms with Crippen molar-refractivity contribution in [1.29, 1.82) is 0 Å². The summed E-state index contributed by atoms with van der Waals surface area (Å²) in [6, 6.07) is 74.6. The molecule has 0 saturated heterocycles. The van der Waals surface area contributed by atoms with E-state index >= 15 is 0 Å². The van der Waals surface area contributed by atoms with E-state index in [0.717, 1.165) is 52.3 Å². The maximum Gasteiger partial charge on any atom is 0.160 e. The minimum atomic E-state index is 0.704. The van der Waals surface area contributed by atoms with Crippen molar-refractivity contribution >= 4 is 54.4 Å². The molecule has 13 rings (SSSR count). The monoisotopic (exact) mass is 790 g/mol. The van der Waals surface area contributed by atoms with Crippen LogP contribution in [0.3, 0.4) is 0 Å². The largest absolute Gasteiger partial charge is 0.307 e. The van der Waals surface area contributed by atoms with Gasteiger partial charge in [0.05, 0.1) is 33.5 Å². The molecule has 12 aromatic rings. The SMILES string of the molecule is c1ccc(-c2cc(-c3cccc(-n4c5ccccc5c5c6cc7c(cc6c6c8ccccc8n(-c8ccccc8)c6c54)Cc4ccccc4C7)c3)nc(-c3ccccc3)n2)cc1. The molecule has 0 atom stereocenters. The number of hydrogen-bond donors (Lipinski definition) is 0. The van der Waals surface area contributed by atoms with Crippen molar-refractivity contribution in [2.45, 2.75) is 12.8 Å². The lowest BCUT2D eigenvalue weighted by atomic mass is 9.83. The van der Waals surface area contributed by atoms with E-state index in [9.17, 15) is 0 Å². The maximum absolute atomic E-state index is 5.25. The van der Waals surface area contributed by atoms with Crippen LogP contribution in [0.4, 0.5) is 0 Å². The van der Waals surface area contributed by atoms with Crippen LogP contribution in [-0.2, 0) is 12.8 Å². The van der Waals surface area contributed by atoms with Gasteiger partial charge in [-0.25, -0.2) is 9.97 Å². The molecular formula is C58H38N4. The number of benzene rings is 9. The number of fused-ring (bicyclic) bond motifs is 12. The van der Waals surface area contributed by atoms with E-state index in [-0.39, 0.29) is 0 Å². The van der Waals surface area contributed by atoms with Crippen LogP contribution >= 0.6 is 0 Å². The first kappa shape index (κ1) is 34.8. The van der Waals surface area contributed by atoms with Crippen molar-refractivity contribution < 1.29 is 0 Å². The Labute approximate surface area is 358 Å². The van der Waals surface area contributed by atoms with Gasteiger partial charge in [-0.2, -0.15) is 0 Å². The molecule has 62 heavy (non-hydrogen) atoms. The van der Waals surface area contributed by atoms with E-state index in [2.05, 4.69) is 191 Å². The van der Waals surface area contributed by atoms with Crippen LogP contribution in [0.2, 0.25) is 0 Å². The molecule has 1 aliphatic rings. The third-order valence-corrected chi connectivity index (χ3v) is 13.0. The van der Waals surface area contributed by atoms with Gasteiger partial charge in [0.15, 0.2) is 5.82 Å². The van der Waals surface area contributed by atoms with Crippen molar-refractivity contribution in [2.24, 2.45) is 0 Å². The molecule has 9 aromatic carbocycles. The number of aromatic nitrogens is 4. The van der Waals surface area contributed by atoms with Gasteiger partial charge in [-0.3, -0.25) is 0 Å². The zero-order chi connectivity index (χ0) is 40.7. The Hall–Kier alpha value is -8.08. The lowest BCUT2D eigenvalue weighted by Crippen LogP contribution is -2.07. The summed E-state index contributed by atoms with van der Waals surface area (Å²) in [4.78, 5) is 10.4.